The van der Waals surface area contributed by atoms with Gasteiger partial charge in [-0.3, -0.25) is 0 Å². The summed E-state index contributed by atoms with van der Waals surface area (Å²) in [6.07, 6.45) is 1.84. The molecular formula is C30H30F2O6S2. The van der Waals surface area contributed by atoms with Crippen molar-refractivity contribution in [2.45, 2.75) is 63.8 Å². The Hall–Kier alpha value is -2.79. The van der Waals surface area contributed by atoms with Gasteiger partial charge < -0.3 is 9.84 Å². The fourth-order valence-electron chi connectivity index (χ4n) is 6.95. The number of rotatable bonds is 8. The van der Waals surface area contributed by atoms with Gasteiger partial charge in [-0.15, -0.1) is 0 Å². The first kappa shape index (κ1) is 27.4. The number of alkyl halides is 2. The predicted octanol–water partition coefficient (Wildman–Crippen LogP) is 6.31. The van der Waals surface area contributed by atoms with Gasteiger partial charge in [0.05, 0.1) is 6.10 Å². The Balaban J connectivity index is 1.39. The third-order valence-corrected chi connectivity index (χ3v) is 13.6. The fourth-order valence-corrected chi connectivity index (χ4v) is 12.0. The third-order valence-electron chi connectivity index (χ3n) is 8.45. The summed E-state index contributed by atoms with van der Waals surface area (Å²) in [7, 11) is -9.15. The largest absolute Gasteiger partial charge is 0.466 e. The highest BCUT2D eigenvalue weighted by molar-refractivity contribution is 8.33. The molecule has 212 valence electrons. The van der Waals surface area contributed by atoms with Crippen molar-refractivity contribution in [3.05, 3.63) is 91.0 Å². The number of carbonyl (C=O) groups is 1. The highest BCUT2D eigenvalue weighted by Gasteiger charge is 2.63. The minimum atomic E-state index is -5.88. The monoisotopic (exact) mass is 588 g/mol. The lowest BCUT2D eigenvalue weighted by molar-refractivity contribution is -0.217. The molecule has 4 saturated carbocycles. The quantitative estimate of drug-likeness (QED) is 0.311. The number of hydrogen-bond donors (Lipinski definition) is 1. The molecule has 7 rings (SSSR count). The molecule has 0 heterocycles. The SMILES string of the molecule is O=C(OC12CC3CC(C1)C(O)C(C3)C2)C(F)(F)S(=O)(=O)OS(c1ccccc1)(c1ccccc1)c1ccccc1. The second kappa shape index (κ2) is 9.94. The van der Waals surface area contributed by atoms with E-state index in [1.165, 1.54) is 0 Å². The van der Waals surface area contributed by atoms with Crippen LogP contribution in [0.25, 0.3) is 0 Å². The van der Waals surface area contributed by atoms with Crippen LogP contribution >= 0.6 is 10.3 Å². The lowest BCUT2D eigenvalue weighted by atomic mass is 9.53. The van der Waals surface area contributed by atoms with Gasteiger partial charge in [0.15, 0.2) is 0 Å². The molecule has 4 aliphatic rings. The topological polar surface area (TPSA) is 89.9 Å². The molecule has 0 radical (unpaired) electrons. The molecule has 0 aromatic heterocycles. The van der Waals surface area contributed by atoms with Crippen molar-refractivity contribution in [3.8, 4) is 0 Å². The lowest BCUT2D eigenvalue weighted by Crippen LogP contribution is -2.59. The van der Waals surface area contributed by atoms with Crippen LogP contribution in [0.2, 0.25) is 0 Å². The van der Waals surface area contributed by atoms with Gasteiger partial charge in [-0.2, -0.15) is 17.2 Å². The Kier molecular flexibility index (Phi) is 6.80. The van der Waals surface area contributed by atoms with Gasteiger partial charge in [-0.1, -0.05) is 54.6 Å². The van der Waals surface area contributed by atoms with Crippen LogP contribution in [0.5, 0.6) is 0 Å². The smallest absolute Gasteiger partial charge is 0.454 e. The van der Waals surface area contributed by atoms with Crippen LogP contribution in [0, 0.1) is 17.8 Å². The predicted molar refractivity (Wildman–Crippen MR) is 145 cm³/mol. The van der Waals surface area contributed by atoms with Gasteiger partial charge >= 0.3 is 21.3 Å². The zero-order valence-corrected chi connectivity index (χ0v) is 23.2. The summed E-state index contributed by atoms with van der Waals surface area (Å²) in [5.41, 5.74) is -1.20. The number of carbonyl (C=O) groups excluding carboxylic acids is 1. The maximum Gasteiger partial charge on any atom is 0.466 e. The van der Waals surface area contributed by atoms with E-state index in [4.69, 9.17) is 8.37 Å². The van der Waals surface area contributed by atoms with E-state index in [2.05, 4.69) is 0 Å². The molecule has 2 unspecified atom stereocenters. The Morgan fingerprint density at radius 1 is 0.775 bits per heavy atom. The average molecular weight is 589 g/mol. The first-order chi connectivity index (χ1) is 19.1. The molecule has 0 spiro atoms. The Morgan fingerprint density at radius 3 is 1.62 bits per heavy atom. The number of aliphatic hydroxyl groups excluding tert-OH is 1. The second-order valence-electron chi connectivity index (χ2n) is 11.1. The van der Waals surface area contributed by atoms with Crippen LogP contribution < -0.4 is 0 Å². The number of halogens is 2. The zero-order chi connectivity index (χ0) is 28.2. The lowest BCUT2D eigenvalue weighted by Gasteiger charge is -2.57. The van der Waals surface area contributed by atoms with E-state index < -0.39 is 43.4 Å². The molecule has 4 fully saturated rings. The van der Waals surface area contributed by atoms with Gasteiger partial charge in [0.25, 0.3) is 0 Å². The zero-order valence-electron chi connectivity index (χ0n) is 21.6. The van der Waals surface area contributed by atoms with Gasteiger partial charge in [-0.25, -0.2) is 8.42 Å². The van der Waals surface area contributed by atoms with E-state index >= 15 is 8.78 Å². The van der Waals surface area contributed by atoms with E-state index in [1.54, 1.807) is 91.0 Å². The fraction of sp³-hybridized carbons (Fsp3) is 0.367. The average Bonchev–Trinajstić information content (AvgIpc) is 2.95. The maximum atomic E-state index is 15.8. The van der Waals surface area contributed by atoms with Crippen LogP contribution in [-0.4, -0.2) is 36.5 Å². The van der Waals surface area contributed by atoms with Crippen LogP contribution in [0.1, 0.15) is 32.1 Å². The number of hydrogen-bond acceptors (Lipinski definition) is 6. The van der Waals surface area contributed by atoms with Crippen molar-refractivity contribution >= 4 is 26.4 Å². The van der Waals surface area contributed by atoms with Crippen molar-refractivity contribution in [2.24, 2.45) is 17.8 Å². The van der Waals surface area contributed by atoms with Crippen LogP contribution in [0.3, 0.4) is 0 Å². The molecular weight excluding hydrogens is 558 g/mol. The van der Waals surface area contributed by atoms with Crippen molar-refractivity contribution < 1.29 is 35.5 Å². The van der Waals surface area contributed by atoms with E-state index in [0.717, 1.165) is 12.8 Å². The first-order valence-electron chi connectivity index (χ1n) is 13.3. The number of ether oxygens (including phenoxy) is 1. The summed E-state index contributed by atoms with van der Waals surface area (Å²) in [5, 5.41) is 5.55. The second-order valence-corrected chi connectivity index (χ2v) is 15.6. The third kappa shape index (κ3) is 4.45. The molecule has 10 heteroatoms. The number of benzene rings is 3. The van der Waals surface area contributed by atoms with Crippen LogP contribution in [0.15, 0.2) is 106 Å². The van der Waals surface area contributed by atoms with Crippen molar-refractivity contribution in [1.29, 1.82) is 0 Å². The standard InChI is InChI=1S/C30H30F2O6S2/c31-30(32,28(34)37-29-18-21-16-22(19-29)27(33)23(17-21)20-29)40(35,36)38-39(24-10-4-1-5-11-24,25-12-6-2-7-13-25)26-14-8-3-9-15-26/h1-15,21-23,27,33H,16-20H2. The molecule has 3 aromatic carbocycles. The van der Waals surface area contributed by atoms with E-state index in [0.29, 0.717) is 21.1 Å². The van der Waals surface area contributed by atoms with Crippen molar-refractivity contribution in [3.63, 3.8) is 0 Å². The summed E-state index contributed by atoms with van der Waals surface area (Å²) >= 11 is 0. The maximum absolute atomic E-state index is 15.8. The Morgan fingerprint density at radius 2 is 1.20 bits per heavy atom. The highest BCUT2D eigenvalue weighted by Crippen LogP contribution is 2.70. The summed E-state index contributed by atoms with van der Waals surface area (Å²) in [6.45, 7) is 0. The molecule has 2 atom stereocenters. The van der Waals surface area contributed by atoms with Gasteiger partial charge in [0, 0.05) is 14.7 Å². The van der Waals surface area contributed by atoms with Gasteiger partial charge in [0.1, 0.15) is 5.60 Å². The minimum absolute atomic E-state index is 0.146. The Labute approximate surface area is 234 Å². The summed E-state index contributed by atoms with van der Waals surface area (Å²) in [6, 6.07) is 25.0. The van der Waals surface area contributed by atoms with Crippen LogP contribution in [-0.2, 0) is 23.3 Å². The Bertz CT molecular complexity index is 1370. The molecule has 3 aromatic rings. The van der Waals surface area contributed by atoms with Gasteiger partial charge in [0.2, 0.25) is 0 Å². The van der Waals surface area contributed by atoms with E-state index in [9.17, 15) is 18.3 Å². The van der Waals surface area contributed by atoms with E-state index in [-0.39, 0.29) is 30.6 Å². The minimum Gasteiger partial charge on any atom is -0.454 e. The van der Waals surface area contributed by atoms with Crippen molar-refractivity contribution in [2.75, 3.05) is 0 Å². The molecule has 40 heavy (non-hydrogen) atoms. The summed E-state index contributed by atoms with van der Waals surface area (Å²) in [4.78, 5) is 14.2. The summed E-state index contributed by atoms with van der Waals surface area (Å²) in [5.74, 6) is -2.27. The molecule has 0 amide bonds. The van der Waals surface area contributed by atoms with Crippen LogP contribution in [0.4, 0.5) is 8.78 Å². The van der Waals surface area contributed by atoms with Gasteiger partial charge in [-0.05, 0) is 96.6 Å². The first-order valence-corrected chi connectivity index (χ1v) is 16.3. The molecule has 0 aliphatic heterocycles. The normalized spacial score (nSPS) is 28.3. The molecule has 0 saturated heterocycles. The number of esters is 1. The summed E-state index contributed by atoms with van der Waals surface area (Å²) < 4.78 is 69.9. The van der Waals surface area contributed by atoms with Crippen molar-refractivity contribution in [1.82, 2.24) is 0 Å². The number of aliphatic hydroxyl groups is 1. The highest BCUT2D eigenvalue weighted by atomic mass is 32.3. The molecule has 1 N–H and O–H groups in total. The molecule has 4 bridgehead atoms. The molecule has 6 nitrogen and oxygen atoms in total. The molecule has 4 aliphatic carbocycles. The van der Waals surface area contributed by atoms with E-state index in [1.807, 2.05) is 0 Å².